The van der Waals surface area contributed by atoms with Crippen molar-refractivity contribution in [3.05, 3.63) is 74.3 Å². The standard InChI is InChI=1S/C27H25Br2N3O4/c1-16(26(34)32-11-9-18(10-12-32)25(30)33)36-27(35)23-15-21(7-5-17-3-2-4-19(28)13-17)31-24-8-6-20(29)14-22(23)24/h2-8,13-16,18H,9-12H2,1H3,(H2,30,33)/b7-5+. The molecule has 0 aliphatic carbocycles. The summed E-state index contributed by atoms with van der Waals surface area (Å²) in [5.41, 5.74) is 7.90. The number of nitrogens with two attached hydrogens (primary N) is 1. The number of halogens is 2. The van der Waals surface area contributed by atoms with Crippen LogP contribution in [0.5, 0.6) is 0 Å². The smallest absolute Gasteiger partial charge is 0.339 e. The number of hydrogen-bond donors (Lipinski definition) is 1. The van der Waals surface area contributed by atoms with Gasteiger partial charge in [0.25, 0.3) is 5.91 Å². The molecule has 1 aliphatic rings. The van der Waals surface area contributed by atoms with Crippen LogP contribution >= 0.6 is 31.9 Å². The van der Waals surface area contributed by atoms with Crippen molar-refractivity contribution in [2.24, 2.45) is 11.7 Å². The molecule has 1 aliphatic heterocycles. The number of rotatable bonds is 6. The number of fused-ring (bicyclic) bond motifs is 1. The molecule has 0 bridgehead atoms. The first-order chi connectivity index (χ1) is 17.2. The number of benzene rings is 2. The van der Waals surface area contributed by atoms with Crippen LogP contribution in [0.4, 0.5) is 0 Å². The van der Waals surface area contributed by atoms with Crippen molar-refractivity contribution in [2.45, 2.75) is 25.9 Å². The molecule has 1 atom stereocenters. The number of pyridine rings is 1. The number of carbonyl (C=O) groups is 3. The van der Waals surface area contributed by atoms with E-state index in [2.05, 4.69) is 36.8 Å². The maximum Gasteiger partial charge on any atom is 0.339 e. The minimum Gasteiger partial charge on any atom is -0.449 e. The summed E-state index contributed by atoms with van der Waals surface area (Å²) in [6, 6.07) is 15.0. The number of carbonyl (C=O) groups excluding carboxylic acids is 3. The highest BCUT2D eigenvalue weighted by molar-refractivity contribution is 9.10. The summed E-state index contributed by atoms with van der Waals surface area (Å²) in [5, 5.41) is 0.621. The van der Waals surface area contributed by atoms with Gasteiger partial charge in [-0.3, -0.25) is 9.59 Å². The molecule has 9 heteroatoms. The van der Waals surface area contributed by atoms with Crippen LogP contribution in [0.3, 0.4) is 0 Å². The fraction of sp³-hybridized carbons (Fsp3) is 0.259. The van der Waals surface area contributed by atoms with Crippen molar-refractivity contribution in [3.63, 3.8) is 0 Å². The second-order valence-electron chi connectivity index (χ2n) is 8.69. The molecule has 2 heterocycles. The van der Waals surface area contributed by atoms with Gasteiger partial charge in [-0.2, -0.15) is 0 Å². The molecule has 0 radical (unpaired) electrons. The lowest BCUT2D eigenvalue weighted by atomic mass is 9.96. The van der Waals surface area contributed by atoms with E-state index in [-0.39, 0.29) is 17.7 Å². The number of primary amides is 1. The Bertz CT molecular complexity index is 1350. The average Bonchev–Trinajstić information content (AvgIpc) is 2.86. The molecule has 2 amide bonds. The lowest BCUT2D eigenvalue weighted by molar-refractivity contribution is -0.142. The molecule has 3 aromatic rings. The molecular weight excluding hydrogens is 590 g/mol. The van der Waals surface area contributed by atoms with E-state index in [1.807, 2.05) is 54.6 Å². The average molecular weight is 615 g/mol. The third-order valence-electron chi connectivity index (χ3n) is 6.15. The zero-order valence-electron chi connectivity index (χ0n) is 19.6. The molecular formula is C27H25Br2N3O4. The fourth-order valence-corrected chi connectivity index (χ4v) is 4.96. The van der Waals surface area contributed by atoms with Crippen LogP contribution in [0.2, 0.25) is 0 Å². The Morgan fingerprint density at radius 3 is 2.47 bits per heavy atom. The highest BCUT2D eigenvalue weighted by Gasteiger charge is 2.30. The number of ether oxygens (including phenoxy) is 1. The maximum absolute atomic E-state index is 13.3. The first-order valence-corrected chi connectivity index (χ1v) is 13.1. The van der Waals surface area contributed by atoms with Crippen LogP contribution in [0.25, 0.3) is 23.1 Å². The van der Waals surface area contributed by atoms with E-state index >= 15 is 0 Å². The second-order valence-corrected chi connectivity index (χ2v) is 10.5. The molecule has 186 valence electrons. The number of esters is 1. The van der Waals surface area contributed by atoms with Gasteiger partial charge in [-0.1, -0.05) is 50.1 Å². The molecule has 36 heavy (non-hydrogen) atoms. The molecule has 1 saturated heterocycles. The molecule has 1 aromatic heterocycles. The number of aromatic nitrogens is 1. The summed E-state index contributed by atoms with van der Waals surface area (Å²) in [6.45, 7) is 2.38. The molecule has 0 saturated carbocycles. The summed E-state index contributed by atoms with van der Waals surface area (Å²) < 4.78 is 7.37. The highest BCUT2D eigenvalue weighted by atomic mass is 79.9. The van der Waals surface area contributed by atoms with Crippen molar-refractivity contribution < 1.29 is 19.1 Å². The van der Waals surface area contributed by atoms with E-state index in [9.17, 15) is 14.4 Å². The van der Waals surface area contributed by atoms with Crippen LogP contribution < -0.4 is 5.73 Å². The van der Waals surface area contributed by atoms with Gasteiger partial charge in [0.05, 0.1) is 16.8 Å². The Labute approximate surface area is 226 Å². The lowest BCUT2D eigenvalue weighted by Crippen LogP contribution is -2.46. The minimum atomic E-state index is -0.973. The van der Waals surface area contributed by atoms with Gasteiger partial charge in [0.2, 0.25) is 5.91 Å². The first-order valence-electron chi connectivity index (χ1n) is 11.5. The van der Waals surface area contributed by atoms with E-state index in [0.717, 1.165) is 14.5 Å². The lowest BCUT2D eigenvalue weighted by Gasteiger charge is -2.32. The summed E-state index contributed by atoms with van der Waals surface area (Å²) >= 11 is 6.92. The number of nitrogens with zero attached hydrogens (tertiary/aromatic N) is 2. The van der Waals surface area contributed by atoms with Gasteiger partial charge in [0, 0.05) is 33.3 Å². The van der Waals surface area contributed by atoms with E-state index in [1.54, 1.807) is 17.9 Å². The van der Waals surface area contributed by atoms with Crippen LogP contribution in [-0.4, -0.2) is 46.9 Å². The SMILES string of the molecule is CC(OC(=O)c1cc(/C=C/c2cccc(Br)c2)nc2ccc(Br)cc12)C(=O)N1CCC(C(N)=O)CC1. The summed E-state index contributed by atoms with van der Waals surface area (Å²) in [5.74, 6) is -1.47. The largest absolute Gasteiger partial charge is 0.449 e. The molecule has 0 spiro atoms. The molecule has 2 aromatic carbocycles. The normalized spacial score (nSPS) is 15.2. The zero-order chi connectivity index (χ0) is 25.8. The topological polar surface area (TPSA) is 103 Å². The summed E-state index contributed by atoms with van der Waals surface area (Å²) in [6.07, 6.45) is 3.79. The Balaban J connectivity index is 1.56. The quantitative estimate of drug-likeness (QED) is 0.385. The molecule has 7 nitrogen and oxygen atoms in total. The molecule has 1 unspecified atom stereocenters. The van der Waals surface area contributed by atoms with Crippen molar-refractivity contribution >= 4 is 72.7 Å². The van der Waals surface area contributed by atoms with E-state index in [4.69, 9.17) is 10.5 Å². The predicted molar refractivity (Wildman–Crippen MR) is 146 cm³/mol. The number of likely N-dealkylation sites (tertiary alicyclic amines) is 1. The van der Waals surface area contributed by atoms with E-state index in [1.165, 1.54) is 0 Å². The van der Waals surface area contributed by atoms with Gasteiger partial charge in [-0.05, 0) is 67.8 Å². The predicted octanol–water partition coefficient (Wildman–Crippen LogP) is 5.20. The van der Waals surface area contributed by atoms with Gasteiger partial charge >= 0.3 is 5.97 Å². The van der Waals surface area contributed by atoms with Crippen molar-refractivity contribution in [1.29, 1.82) is 0 Å². The maximum atomic E-state index is 13.3. The summed E-state index contributed by atoms with van der Waals surface area (Å²) in [4.78, 5) is 43.8. The van der Waals surface area contributed by atoms with Gasteiger partial charge in [0.15, 0.2) is 6.10 Å². The Morgan fingerprint density at radius 1 is 1.06 bits per heavy atom. The number of amides is 2. The summed E-state index contributed by atoms with van der Waals surface area (Å²) in [7, 11) is 0. The number of piperidine rings is 1. The third kappa shape index (κ3) is 6.20. The van der Waals surface area contributed by atoms with Crippen LogP contribution in [0, 0.1) is 5.92 Å². The first kappa shape index (κ1) is 26.0. The van der Waals surface area contributed by atoms with Crippen LogP contribution in [-0.2, 0) is 14.3 Å². The Kier molecular flexibility index (Phi) is 8.21. The monoisotopic (exact) mass is 613 g/mol. The highest BCUT2D eigenvalue weighted by Crippen LogP contribution is 2.25. The van der Waals surface area contributed by atoms with Crippen LogP contribution in [0.1, 0.15) is 41.4 Å². The molecule has 4 rings (SSSR count). The zero-order valence-corrected chi connectivity index (χ0v) is 22.8. The van der Waals surface area contributed by atoms with Gasteiger partial charge in [-0.25, -0.2) is 9.78 Å². The van der Waals surface area contributed by atoms with Gasteiger partial charge < -0.3 is 15.4 Å². The Hall–Kier alpha value is -3.04. The van der Waals surface area contributed by atoms with Crippen molar-refractivity contribution in [2.75, 3.05) is 13.1 Å². The minimum absolute atomic E-state index is 0.225. The second kappa shape index (κ2) is 11.3. The molecule has 1 fully saturated rings. The Morgan fingerprint density at radius 2 is 1.78 bits per heavy atom. The third-order valence-corrected chi connectivity index (χ3v) is 7.13. The van der Waals surface area contributed by atoms with Crippen molar-refractivity contribution in [3.8, 4) is 0 Å². The van der Waals surface area contributed by atoms with Crippen molar-refractivity contribution in [1.82, 2.24) is 9.88 Å². The number of hydrogen-bond acceptors (Lipinski definition) is 5. The van der Waals surface area contributed by atoms with Gasteiger partial charge in [-0.15, -0.1) is 0 Å². The van der Waals surface area contributed by atoms with E-state index in [0.29, 0.717) is 48.1 Å². The van der Waals surface area contributed by atoms with Crippen LogP contribution in [0.15, 0.2) is 57.5 Å². The molecule has 2 N–H and O–H groups in total. The fourth-order valence-electron chi connectivity index (χ4n) is 4.18. The van der Waals surface area contributed by atoms with Gasteiger partial charge in [0.1, 0.15) is 0 Å². The van der Waals surface area contributed by atoms with E-state index < -0.39 is 12.1 Å².